The van der Waals surface area contributed by atoms with Gasteiger partial charge in [0.15, 0.2) is 0 Å². The second kappa shape index (κ2) is 43.2. The predicted molar refractivity (Wildman–Crippen MR) is 256 cm³/mol. The monoisotopic (exact) mass is 869 g/mol. The molecule has 8 nitrogen and oxygen atoms in total. The lowest BCUT2D eigenvalue weighted by Crippen LogP contribution is -2.45. The zero-order valence-electron chi connectivity index (χ0n) is 40.4. The Labute approximate surface area is 373 Å². The number of unbranched alkanes of at least 4 members (excludes halogenated alkanes) is 32. The van der Waals surface area contributed by atoms with E-state index < -0.39 is 20.0 Å². The van der Waals surface area contributed by atoms with Crippen molar-refractivity contribution in [3.63, 3.8) is 0 Å². The van der Waals surface area contributed by atoms with E-state index in [1.54, 1.807) is 6.08 Å². The van der Waals surface area contributed by atoms with Gasteiger partial charge in [-0.05, 0) is 32.1 Å². The van der Waals surface area contributed by atoms with E-state index >= 15 is 0 Å². The molecule has 0 aliphatic carbocycles. The van der Waals surface area contributed by atoms with Crippen LogP contribution < -0.4 is 10.2 Å². The highest BCUT2D eigenvalue weighted by atomic mass is 31.2. The number of likely N-dealkylation sites (N-methyl/N-ethyl adjacent to an activating group) is 1. The number of phosphoric ester groups is 1. The molecule has 3 unspecified atom stereocenters. The number of nitrogens with zero attached hydrogens (tertiary/aromatic N) is 1. The molecule has 0 rings (SSSR count). The minimum Gasteiger partial charge on any atom is -0.756 e. The number of phosphoric acid groups is 1. The summed E-state index contributed by atoms with van der Waals surface area (Å²) in [7, 11) is 1.25. The van der Waals surface area contributed by atoms with Gasteiger partial charge in [-0.15, -0.1) is 0 Å². The Hall–Kier alpha value is -1.02. The third-order valence-electron chi connectivity index (χ3n) is 11.7. The average molecular weight is 869 g/mol. The Morgan fingerprint density at radius 2 is 0.933 bits per heavy atom. The number of carbonyl (C=O) groups is 1. The van der Waals surface area contributed by atoms with E-state index in [-0.39, 0.29) is 19.1 Å². The quantitative estimate of drug-likeness (QED) is 0.0273. The molecule has 0 fully saturated rings. The molecule has 0 aromatic rings. The fraction of sp³-hybridized carbons (Fsp3) is 0.902. The van der Waals surface area contributed by atoms with E-state index in [9.17, 15) is 19.4 Å². The molecule has 0 bridgehead atoms. The van der Waals surface area contributed by atoms with Gasteiger partial charge in [0, 0.05) is 6.42 Å². The van der Waals surface area contributed by atoms with Crippen molar-refractivity contribution in [2.24, 2.45) is 0 Å². The standard InChI is InChI=1S/C51H101N2O6P/c1-6-8-10-12-14-16-18-19-20-21-22-23-24-25-26-27-28-29-30-31-32-33-34-35-36-38-40-42-44-50(54)49(48-59-60(56,57)58-47-46-53(3,4)5)52-51(55)45-43-41-39-37-17-15-13-11-9-7-2/h35-36,42,44,49-50,54H,6-34,37-41,43,45-48H2,1-5H3,(H-,52,55,56,57)/b36-35+,44-42+. The van der Waals surface area contributed by atoms with Crippen molar-refractivity contribution in [2.75, 3.05) is 40.9 Å². The second-order valence-corrected chi connectivity index (χ2v) is 20.3. The minimum absolute atomic E-state index is 0.00432. The van der Waals surface area contributed by atoms with E-state index in [2.05, 4.69) is 31.3 Å². The maximum atomic E-state index is 12.8. The molecule has 9 heteroatoms. The van der Waals surface area contributed by atoms with Crippen molar-refractivity contribution in [3.8, 4) is 0 Å². The molecule has 0 aromatic carbocycles. The van der Waals surface area contributed by atoms with Crippen molar-refractivity contribution in [3.05, 3.63) is 24.3 Å². The number of aliphatic hydroxyl groups excluding tert-OH is 1. The fourth-order valence-electron chi connectivity index (χ4n) is 7.58. The Balaban J connectivity index is 4.15. The molecule has 0 aliphatic rings. The van der Waals surface area contributed by atoms with Crippen molar-refractivity contribution < 1.29 is 32.9 Å². The van der Waals surface area contributed by atoms with E-state index in [4.69, 9.17) is 9.05 Å². The molecule has 0 saturated carbocycles. The number of carbonyl (C=O) groups excluding carboxylic acids is 1. The molecular weight excluding hydrogens is 768 g/mol. The molecular formula is C51H101N2O6P. The Morgan fingerprint density at radius 3 is 1.35 bits per heavy atom. The van der Waals surface area contributed by atoms with Crippen LogP contribution >= 0.6 is 7.82 Å². The summed E-state index contributed by atoms with van der Waals surface area (Å²) in [6.45, 7) is 4.63. The number of quaternary nitrogens is 1. The highest BCUT2D eigenvalue weighted by molar-refractivity contribution is 7.45. The molecule has 0 aliphatic heterocycles. The van der Waals surface area contributed by atoms with Crippen LogP contribution in [-0.4, -0.2) is 68.5 Å². The lowest BCUT2D eigenvalue weighted by Gasteiger charge is -2.29. The fourth-order valence-corrected chi connectivity index (χ4v) is 8.30. The summed E-state index contributed by atoms with van der Waals surface area (Å²) in [5.41, 5.74) is 0. The number of allylic oxidation sites excluding steroid dienone is 3. The van der Waals surface area contributed by atoms with Gasteiger partial charge in [0.1, 0.15) is 13.2 Å². The normalized spacial score (nSPS) is 14.3. The third-order valence-corrected chi connectivity index (χ3v) is 12.6. The molecule has 1 amide bonds. The van der Waals surface area contributed by atoms with Gasteiger partial charge in [-0.2, -0.15) is 0 Å². The zero-order valence-corrected chi connectivity index (χ0v) is 41.3. The van der Waals surface area contributed by atoms with Crippen LogP contribution in [0.3, 0.4) is 0 Å². The van der Waals surface area contributed by atoms with E-state index in [0.29, 0.717) is 17.4 Å². The summed E-state index contributed by atoms with van der Waals surface area (Å²) < 4.78 is 23.2. The van der Waals surface area contributed by atoms with Crippen LogP contribution in [0.1, 0.15) is 245 Å². The smallest absolute Gasteiger partial charge is 0.268 e. The van der Waals surface area contributed by atoms with Gasteiger partial charge in [0.2, 0.25) is 5.91 Å². The summed E-state index contributed by atoms with van der Waals surface area (Å²) in [6, 6.07) is -0.898. The van der Waals surface area contributed by atoms with Gasteiger partial charge in [0.25, 0.3) is 7.82 Å². The lowest BCUT2D eigenvalue weighted by molar-refractivity contribution is -0.870. The Kier molecular flexibility index (Phi) is 42.5. The molecule has 0 radical (unpaired) electrons. The van der Waals surface area contributed by atoms with Crippen molar-refractivity contribution in [2.45, 2.75) is 257 Å². The van der Waals surface area contributed by atoms with Crippen LogP contribution in [0.15, 0.2) is 24.3 Å². The van der Waals surface area contributed by atoms with Gasteiger partial charge < -0.3 is 28.8 Å². The molecule has 356 valence electrons. The minimum atomic E-state index is -4.59. The van der Waals surface area contributed by atoms with Crippen LogP contribution in [0.5, 0.6) is 0 Å². The number of nitrogens with one attached hydrogen (secondary N) is 1. The van der Waals surface area contributed by atoms with Crippen LogP contribution in [0.4, 0.5) is 0 Å². The van der Waals surface area contributed by atoms with Crippen molar-refractivity contribution in [1.29, 1.82) is 0 Å². The topological polar surface area (TPSA) is 108 Å². The summed E-state index contributed by atoms with van der Waals surface area (Å²) >= 11 is 0. The second-order valence-electron chi connectivity index (χ2n) is 18.9. The van der Waals surface area contributed by atoms with E-state index in [0.717, 1.165) is 38.5 Å². The Morgan fingerprint density at radius 1 is 0.567 bits per heavy atom. The van der Waals surface area contributed by atoms with Crippen LogP contribution in [0, 0.1) is 0 Å². The molecule has 0 heterocycles. The number of aliphatic hydroxyl groups is 1. The first-order valence-electron chi connectivity index (χ1n) is 25.7. The summed E-state index contributed by atoms with van der Waals surface area (Å²) in [5.74, 6) is -0.208. The molecule has 0 spiro atoms. The number of rotatable bonds is 47. The molecule has 0 saturated heterocycles. The Bertz CT molecular complexity index is 1030. The van der Waals surface area contributed by atoms with Crippen molar-refractivity contribution in [1.82, 2.24) is 5.32 Å². The lowest BCUT2D eigenvalue weighted by atomic mass is 10.0. The predicted octanol–water partition coefficient (Wildman–Crippen LogP) is 14.2. The molecule has 3 atom stereocenters. The maximum Gasteiger partial charge on any atom is 0.268 e. The van der Waals surface area contributed by atoms with Gasteiger partial charge in [0.05, 0.1) is 39.9 Å². The molecule has 0 aromatic heterocycles. The van der Waals surface area contributed by atoms with Crippen molar-refractivity contribution >= 4 is 13.7 Å². The van der Waals surface area contributed by atoms with Gasteiger partial charge >= 0.3 is 0 Å². The first-order valence-corrected chi connectivity index (χ1v) is 27.2. The summed E-state index contributed by atoms with van der Waals surface area (Å²) in [4.78, 5) is 25.3. The highest BCUT2D eigenvalue weighted by Crippen LogP contribution is 2.38. The number of hydrogen-bond acceptors (Lipinski definition) is 6. The first kappa shape index (κ1) is 59.0. The largest absolute Gasteiger partial charge is 0.756 e. The van der Waals surface area contributed by atoms with Gasteiger partial charge in [-0.25, -0.2) is 0 Å². The SMILES string of the molecule is CCCCCCCCCCCCCCCCCCCCCCCC/C=C/CC/C=C/C(O)C(COP(=O)([O-])OCC[N+](C)(C)C)NC(=O)CCCCCCCCCCCC. The third kappa shape index (κ3) is 45.0. The molecule has 60 heavy (non-hydrogen) atoms. The van der Waals surface area contributed by atoms with Gasteiger partial charge in [-0.3, -0.25) is 9.36 Å². The highest BCUT2D eigenvalue weighted by Gasteiger charge is 2.23. The summed E-state index contributed by atoms with van der Waals surface area (Å²) in [5, 5.41) is 13.8. The first-order chi connectivity index (χ1) is 29.0. The number of hydrogen-bond donors (Lipinski definition) is 2. The summed E-state index contributed by atoms with van der Waals surface area (Å²) in [6.07, 6.45) is 52.6. The number of amides is 1. The maximum absolute atomic E-state index is 12.8. The van der Waals surface area contributed by atoms with Crippen LogP contribution in [0.2, 0.25) is 0 Å². The molecule has 2 N–H and O–H groups in total. The average Bonchev–Trinajstić information content (AvgIpc) is 3.20. The van der Waals surface area contributed by atoms with Crippen LogP contribution in [0.25, 0.3) is 0 Å². The zero-order chi connectivity index (χ0) is 44.3. The van der Waals surface area contributed by atoms with Gasteiger partial charge in [-0.1, -0.05) is 231 Å². The van der Waals surface area contributed by atoms with E-state index in [1.165, 1.54) is 186 Å². The van der Waals surface area contributed by atoms with E-state index in [1.807, 2.05) is 27.2 Å². The van der Waals surface area contributed by atoms with Crippen LogP contribution in [-0.2, 0) is 18.4 Å².